The normalized spacial score (nSPS) is 9.86. The molecule has 0 bridgehead atoms. The van der Waals surface area contributed by atoms with Gasteiger partial charge in [0.15, 0.2) is 0 Å². The van der Waals surface area contributed by atoms with E-state index in [2.05, 4.69) is 19.2 Å². The van der Waals surface area contributed by atoms with Gasteiger partial charge in [-0.3, -0.25) is 0 Å². The Bertz CT molecular complexity index is 123. The van der Waals surface area contributed by atoms with E-state index in [9.17, 15) is 4.79 Å². The molecular weight excluding hydrogens is 178 g/mol. The molecule has 1 radical (unpaired) electrons. The first kappa shape index (κ1) is 13.3. The number of amides is 1. The molecule has 83 valence electrons. The van der Waals surface area contributed by atoms with Gasteiger partial charge in [-0.1, -0.05) is 39.5 Å². The molecule has 3 nitrogen and oxygen atoms in total. The Morgan fingerprint density at radius 1 is 1.21 bits per heavy atom. The van der Waals surface area contributed by atoms with Gasteiger partial charge in [0.05, 0.1) is 13.2 Å². The van der Waals surface area contributed by atoms with E-state index in [1.54, 1.807) is 6.54 Å². The SMILES string of the molecule is CCCC[CH]NC(=O)OCCCCC. The molecule has 0 aliphatic carbocycles. The van der Waals surface area contributed by atoms with Gasteiger partial charge in [-0.15, -0.1) is 0 Å². The highest BCUT2D eigenvalue weighted by Gasteiger charge is 1.99. The fourth-order valence-corrected chi connectivity index (χ4v) is 1.02. The molecule has 0 aliphatic rings. The number of carbonyl (C=O) groups excluding carboxylic acids is 1. The van der Waals surface area contributed by atoms with Gasteiger partial charge >= 0.3 is 6.09 Å². The summed E-state index contributed by atoms with van der Waals surface area (Å²) < 4.78 is 4.94. The van der Waals surface area contributed by atoms with E-state index >= 15 is 0 Å². The third-order valence-electron chi connectivity index (χ3n) is 1.90. The largest absolute Gasteiger partial charge is 0.450 e. The van der Waals surface area contributed by atoms with Crippen LogP contribution in [-0.2, 0) is 4.74 Å². The van der Waals surface area contributed by atoms with Crippen molar-refractivity contribution in [3.8, 4) is 0 Å². The second-order valence-electron chi connectivity index (χ2n) is 3.33. The minimum atomic E-state index is -0.322. The molecule has 14 heavy (non-hydrogen) atoms. The monoisotopic (exact) mass is 200 g/mol. The molecule has 0 saturated carbocycles. The molecule has 0 aromatic rings. The average molecular weight is 200 g/mol. The summed E-state index contributed by atoms with van der Waals surface area (Å²) in [5.41, 5.74) is 0. The Labute approximate surface area is 87.2 Å². The average Bonchev–Trinajstić information content (AvgIpc) is 2.19. The lowest BCUT2D eigenvalue weighted by Crippen LogP contribution is -2.22. The lowest BCUT2D eigenvalue weighted by atomic mass is 10.2. The summed E-state index contributed by atoms with van der Waals surface area (Å²) >= 11 is 0. The summed E-state index contributed by atoms with van der Waals surface area (Å²) in [5.74, 6) is 0. The van der Waals surface area contributed by atoms with Gasteiger partial charge < -0.3 is 10.1 Å². The van der Waals surface area contributed by atoms with Crippen molar-refractivity contribution >= 4 is 6.09 Å². The van der Waals surface area contributed by atoms with Crippen LogP contribution < -0.4 is 5.32 Å². The molecule has 0 aromatic heterocycles. The molecule has 0 aromatic carbocycles. The highest BCUT2D eigenvalue weighted by Crippen LogP contribution is 1.96. The topological polar surface area (TPSA) is 38.3 Å². The minimum Gasteiger partial charge on any atom is -0.450 e. The smallest absolute Gasteiger partial charge is 0.407 e. The first-order chi connectivity index (χ1) is 6.81. The highest BCUT2D eigenvalue weighted by atomic mass is 16.5. The maximum absolute atomic E-state index is 11.0. The van der Waals surface area contributed by atoms with E-state index in [1.807, 2.05) is 0 Å². The van der Waals surface area contributed by atoms with Gasteiger partial charge in [-0.05, 0) is 12.8 Å². The van der Waals surface area contributed by atoms with Crippen LogP contribution in [0.2, 0.25) is 0 Å². The second kappa shape index (κ2) is 10.4. The summed E-state index contributed by atoms with van der Waals surface area (Å²) in [4.78, 5) is 11.0. The Hall–Kier alpha value is -0.730. The Morgan fingerprint density at radius 3 is 2.57 bits per heavy atom. The van der Waals surface area contributed by atoms with E-state index in [1.165, 1.54) is 0 Å². The van der Waals surface area contributed by atoms with Crippen LogP contribution in [0.4, 0.5) is 4.79 Å². The van der Waals surface area contributed by atoms with Crippen LogP contribution in [0, 0.1) is 6.54 Å². The Kier molecular flexibility index (Phi) is 9.81. The third-order valence-corrected chi connectivity index (χ3v) is 1.90. The van der Waals surface area contributed by atoms with Crippen LogP contribution in [0.1, 0.15) is 52.4 Å². The fourth-order valence-electron chi connectivity index (χ4n) is 1.02. The quantitative estimate of drug-likeness (QED) is 0.611. The van der Waals surface area contributed by atoms with Gasteiger partial charge in [-0.25, -0.2) is 4.79 Å². The van der Waals surface area contributed by atoms with Crippen molar-refractivity contribution in [2.75, 3.05) is 6.61 Å². The number of ether oxygens (including phenoxy) is 1. The summed E-state index contributed by atoms with van der Waals surface area (Å²) in [6, 6.07) is 0. The van der Waals surface area contributed by atoms with Gasteiger partial charge in [0.1, 0.15) is 0 Å². The summed E-state index contributed by atoms with van der Waals surface area (Å²) in [7, 11) is 0. The summed E-state index contributed by atoms with van der Waals surface area (Å²) in [5, 5.41) is 2.61. The van der Waals surface area contributed by atoms with Crippen LogP contribution in [-0.4, -0.2) is 12.7 Å². The zero-order chi connectivity index (χ0) is 10.6. The summed E-state index contributed by atoms with van der Waals surface area (Å²) in [6.07, 6.45) is 6.07. The Balaban J connectivity index is 3.11. The number of unbranched alkanes of at least 4 members (excludes halogenated alkanes) is 4. The van der Waals surface area contributed by atoms with Crippen molar-refractivity contribution < 1.29 is 9.53 Å². The zero-order valence-corrected chi connectivity index (χ0v) is 9.34. The number of hydrogen-bond donors (Lipinski definition) is 1. The molecule has 0 spiro atoms. The fraction of sp³-hybridized carbons (Fsp3) is 0.818. The molecule has 0 atom stereocenters. The number of alkyl carbamates (subject to hydrolysis) is 1. The molecule has 0 heterocycles. The van der Waals surface area contributed by atoms with Gasteiger partial charge in [-0.2, -0.15) is 0 Å². The van der Waals surface area contributed by atoms with Crippen molar-refractivity contribution in [1.29, 1.82) is 0 Å². The van der Waals surface area contributed by atoms with Crippen molar-refractivity contribution in [2.45, 2.75) is 52.4 Å². The molecule has 0 fully saturated rings. The van der Waals surface area contributed by atoms with Gasteiger partial charge in [0, 0.05) is 0 Å². The first-order valence-electron chi connectivity index (χ1n) is 5.56. The van der Waals surface area contributed by atoms with Crippen LogP contribution in [0.25, 0.3) is 0 Å². The van der Waals surface area contributed by atoms with E-state index in [4.69, 9.17) is 4.74 Å². The van der Waals surface area contributed by atoms with Crippen LogP contribution in [0.5, 0.6) is 0 Å². The van der Waals surface area contributed by atoms with Crippen LogP contribution >= 0.6 is 0 Å². The summed E-state index contributed by atoms with van der Waals surface area (Å²) in [6.45, 7) is 6.54. The van der Waals surface area contributed by atoms with E-state index in [0.717, 1.165) is 38.5 Å². The molecule has 1 amide bonds. The lowest BCUT2D eigenvalue weighted by molar-refractivity contribution is 0.146. The van der Waals surface area contributed by atoms with Crippen LogP contribution in [0.3, 0.4) is 0 Å². The number of carbonyl (C=O) groups is 1. The van der Waals surface area contributed by atoms with E-state index < -0.39 is 0 Å². The minimum absolute atomic E-state index is 0.322. The molecule has 1 N–H and O–H groups in total. The van der Waals surface area contributed by atoms with Gasteiger partial charge in [0.25, 0.3) is 0 Å². The standard InChI is InChI=1S/C11H22NO2/c1-3-5-7-9-12-11(13)14-10-8-6-4-2/h9H,3-8,10H2,1-2H3,(H,12,13). The highest BCUT2D eigenvalue weighted by molar-refractivity contribution is 5.67. The first-order valence-corrected chi connectivity index (χ1v) is 5.56. The predicted molar refractivity (Wildman–Crippen MR) is 57.8 cm³/mol. The predicted octanol–water partition coefficient (Wildman–Crippen LogP) is 3.25. The van der Waals surface area contributed by atoms with Crippen molar-refractivity contribution in [3.63, 3.8) is 0 Å². The van der Waals surface area contributed by atoms with Crippen LogP contribution in [0.15, 0.2) is 0 Å². The van der Waals surface area contributed by atoms with E-state index in [0.29, 0.717) is 6.61 Å². The number of nitrogens with one attached hydrogen (secondary N) is 1. The van der Waals surface area contributed by atoms with Crippen molar-refractivity contribution in [3.05, 3.63) is 6.54 Å². The molecule has 0 rings (SSSR count). The maximum Gasteiger partial charge on any atom is 0.407 e. The molecule has 0 unspecified atom stereocenters. The van der Waals surface area contributed by atoms with E-state index in [-0.39, 0.29) is 6.09 Å². The second-order valence-corrected chi connectivity index (χ2v) is 3.33. The van der Waals surface area contributed by atoms with Crippen molar-refractivity contribution in [2.24, 2.45) is 0 Å². The van der Waals surface area contributed by atoms with Gasteiger partial charge in [0.2, 0.25) is 0 Å². The number of rotatable bonds is 8. The third kappa shape index (κ3) is 9.36. The lowest BCUT2D eigenvalue weighted by Gasteiger charge is -2.05. The number of hydrogen-bond acceptors (Lipinski definition) is 2. The maximum atomic E-state index is 11.0. The Morgan fingerprint density at radius 2 is 1.93 bits per heavy atom. The molecule has 0 aliphatic heterocycles. The molecule has 0 saturated heterocycles. The molecular formula is C11H22NO2. The molecule has 3 heteroatoms. The zero-order valence-electron chi connectivity index (χ0n) is 9.34. The van der Waals surface area contributed by atoms with Crippen molar-refractivity contribution in [1.82, 2.24) is 5.32 Å².